The lowest BCUT2D eigenvalue weighted by Gasteiger charge is -2.25. The number of methoxy groups -OCH3 is 1. The molecule has 1 aliphatic rings. The van der Waals surface area contributed by atoms with E-state index in [1.165, 1.54) is 0 Å². The number of aliphatic hydroxyl groups excluding tert-OH is 1. The lowest BCUT2D eigenvalue weighted by Crippen LogP contribution is -2.27. The molecule has 1 heterocycles. The molecule has 0 saturated carbocycles. The molecule has 0 aromatic carbocycles. The van der Waals surface area contributed by atoms with E-state index in [1.807, 2.05) is 13.0 Å². The van der Waals surface area contributed by atoms with E-state index in [0.29, 0.717) is 12.5 Å². The molecule has 1 rings (SSSR count). The van der Waals surface area contributed by atoms with Crippen molar-refractivity contribution in [2.24, 2.45) is 11.8 Å². The molecule has 12 heavy (non-hydrogen) atoms. The molecule has 3 atom stereocenters. The average molecular weight is 172 g/mol. The van der Waals surface area contributed by atoms with Crippen molar-refractivity contribution >= 4 is 0 Å². The van der Waals surface area contributed by atoms with Gasteiger partial charge in [0.05, 0.1) is 6.61 Å². The second kappa shape index (κ2) is 4.60. The molecule has 70 valence electrons. The van der Waals surface area contributed by atoms with Crippen LogP contribution in [0.3, 0.4) is 0 Å². The van der Waals surface area contributed by atoms with Crippen LogP contribution in [0.15, 0.2) is 12.2 Å². The van der Waals surface area contributed by atoms with Crippen LogP contribution in [-0.2, 0) is 9.47 Å². The molecule has 3 unspecified atom stereocenters. The largest absolute Gasteiger partial charge is 0.396 e. The van der Waals surface area contributed by atoms with Gasteiger partial charge in [0.2, 0.25) is 0 Å². The smallest absolute Gasteiger partial charge is 0.176 e. The highest BCUT2D eigenvalue weighted by Crippen LogP contribution is 2.18. The zero-order valence-electron chi connectivity index (χ0n) is 7.56. The summed E-state index contributed by atoms with van der Waals surface area (Å²) in [6.07, 6.45) is 3.74. The maximum absolute atomic E-state index is 8.89. The number of rotatable bonds is 3. The molecule has 0 radical (unpaired) electrons. The minimum Gasteiger partial charge on any atom is -0.396 e. The van der Waals surface area contributed by atoms with Crippen molar-refractivity contribution in [2.45, 2.75) is 13.2 Å². The van der Waals surface area contributed by atoms with Gasteiger partial charge in [-0.05, 0) is 12.0 Å². The van der Waals surface area contributed by atoms with Crippen LogP contribution in [0.25, 0.3) is 0 Å². The van der Waals surface area contributed by atoms with E-state index in [-0.39, 0.29) is 18.8 Å². The predicted octanol–water partition coefficient (Wildman–Crippen LogP) is 0.790. The zero-order chi connectivity index (χ0) is 8.97. The number of ether oxygens (including phenoxy) is 2. The molecule has 1 N–H and O–H groups in total. The first-order chi connectivity index (χ1) is 5.77. The van der Waals surface area contributed by atoms with Gasteiger partial charge in [-0.2, -0.15) is 0 Å². The molecule has 0 fully saturated rings. The topological polar surface area (TPSA) is 38.7 Å². The van der Waals surface area contributed by atoms with Gasteiger partial charge in [0.15, 0.2) is 6.29 Å². The summed E-state index contributed by atoms with van der Waals surface area (Å²) in [7, 11) is 1.62. The predicted molar refractivity (Wildman–Crippen MR) is 45.6 cm³/mol. The van der Waals surface area contributed by atoms with Gasteiger partial charge >= 0.3 is 0 Å². The third-order valence-electron chi connectivity index (χ3n) is 2.22. The minimum absolute atomic E-state index is 0.202. The summed E-state index contributed by atoms with van der Waals surface area (Å²) >= 11 is 0. The Balaban J connectivity index is 2.42. The number of aliphatic hydroxyl groups is 1. The second-order valence-electron chi connectivity index (χ2n) is 3.15. The third-order valence-corrected chi connectivity index (χ3v) is 2.22. The molecule has 0 amide bonds. The first-order valence-electron chi connectivity index (χ1n) is 4.21. The molecule has 0 aromatic heterocycles. The Morgan fingerprint density at radius 2 is 2.42 bits per heavy atom. The molecule has 3 nitrogen and oxygen atoms in total. The first-order valence-corrected chi connectivity index (χ1v) is 4.21. The van der Waals surface area contributed by atoms with Crippen molar-refractivity contribution in [3.63, 3.8) is 0 Å². The van der Waals surface area contributed by atoms with Crippen LogP contribution >= 0.6 is 0 Å². The van der Waals surface area contributed by atoms with Gasteiger partial charge in [0, 0.05) is 19.6 Å². The minimum atomic E-state index is -0.202. The summed E-state index contributed by atoms with van der Waals surface area (Å²) in [6.45, 7) is 2.85. The quantitative estimate of drug-likeness (QED) is 0.640. The summed E-state index contributed by atoms with van der Waals surface area (Å²) in [6, 6.07) is 0. The Hall–Kier alpha value is -0.380. The lowest BCUT2D eigenvalue weighted by atomic mass is 9.94. The Bertz CT molecular complexity index is 156. The van der Waals surface area contributed by atoms with Crippen molar-refractivity contribution in [3.05, 3.63) is 12.2 Å². The number of hydrogen-bond donors (Lipinski definition) is 1. The first kappa shape index (κ1) is 9.71. The molecular formula is C9H16O3. The van der Waals surface area contributed by atoms with E-state index in [1.54, 1.807) is 7.11 Å². The molecular weight excluding hydrogens is 156 g/mol. The molecule has 1 aliphatic heterocycles. The number of hydrogen-bond acceptors (Lipinski definition) is 3. The standard InChI is InChI=1S/C9H16O3/c1-7(5-10)8-3-4-9(11-2)12-6-8/h3-4,7-10H,5-6H2,1-2H3. The van der Waals surface area contributed by atoms with Crippen LogP contribution in [0, 0.1) is 11.8 Å². The van der Waals surface area contributed by atoms with Gasteiger partial charge in [-0.15, -0.1) is 0 Å². The maximum atomic E-state index is 8.89. The molecule has 0 bridgehead atoms. The van der Waals surface area contributed by atoms with Crippen LogP contribution in [0.1, 0.15) is 6.92 Å². The summed E-state index contributed by atoms with van der Waals surface area (Å²) in [5.74, 6) is 0.584. The van der Waals surface area contributed by atoms with Crippen LogP contribution in [0.2, 0.25) is 0 Å². The van der Waals surface area contributed by atoms with Gasteiger partial charge < -0.3 is 14.6 Å². The average Bonchev–Trinajstić information content (AvgIpc) is 2.17. The third kappa shape index (κ3) is 2.30. The van der Waals surface area contributed by atoms with E-state index in [2.05, 4.69) is 6.08 Å². The Kier molecular flexibility index (Phi) is 3.72. The molecule has 0 saturated heterocycles. The van der Waals surface area contributed by atoms with Crippen molar-refractivity contribution in [1.29, 1.82) is 0 Å². The summed E-state index contributed by atoms with van der Waals surface area (Å²) in [5.41, 5.74) is 0. The van der Waals surface area contributed by atoms with Crippen LogP contribution in [0.4, 0.5) is 0 Å². The van der Waals surface area contributed by atoms with Gasteiger partial charge in [0.1, 0.15) is 0 Å². The van der Waals surface area contributed by atoms with Gasteiger partial charge in [-0.1, -0.05) is 13.0 Å². The Labute approximate surface area is 73.0 Å². The Morgan fingerprint density at radius 3 is 2.83 bits per heavy atom. The van der Waals surface area contributed by atoms with E-state index < -0.39 is 0 Å². The van der Waals surface area contributed by atoms with E-state index in [4.69, 9.17) is 14.6 Å². The molecule has 0 aliphatic carbocycles. The van der Waals surface area contributed by atoms with Gasteiger partial charge in [-0.3, -0.25) is 0 Å². The fraction of sp³-hybridized carbons (Fsp3) is 0.778. The Morgan fingerprint density at radius 1 is 1.67 bits per heavy atom. The van der Waals surface area contributed by atoms with Crippen LogP contribution in [0.5, 0.6) is 0 Å². The highest BCUT2D eigenvalue weighted by molar-refractivity contribution is 4.96. The fourth-order valence-electron chi connectivity index (χ4n) is 1.19. The van der Waals surface area contributed by atoms with Crippen LogP contribution < -0.4 is 0 Å². The van der Waals surface area contributed by atoms with Gasteiger partial charge in [-0.25, -0.2) is 0 Å². The second-order valence-corrected chi connectivity index (χ2v) is 3.15. The van der Waals surface area contributed by atoms with Crippen molar-refractivity contribution in [3.8, 4) is 0 Å². The highest BCUT2D eigenvalue weighted by atomic mass is 16.7. The monoisotopic (exact) mass is 172 g/mol. The fourth-order valence-corrected chi connectivity index (χ4v) is 1.19. The van der Waals surface area contributed by atoms with E-state index in [0.717, 1.165) is 0 Å². The molecule has 0 aromatic rings. The summed E-state index contributed by atoms with van der Waals surface area (Å²) < 4.78 is 10.3. The van der Waals surface area contributed by atoms with Crippen LogP contribution in [-0.4, -0.2) is 31.7 Å². The van der Waals surface area contributed by atoms with Gasteiger partial charge in [0.25, 0.3) is 0 Å². The van der Waals surface area contributed by atoms with Crippen molar-refractivity contribution in [1.82, 2.24) is 0 Å². The zero-order valence-corrected chi connectivity index (χ0v) is 7.56. The molecule has 3 heteroatoms. The van der Waals surface area contributed by atoms with E-state index >= 15 is 0 Å². The summed E-state index contributed by atoms with van der Waals surface area (Å²) in [4.78, 5) is 0. The normalized spacial score (nSPS) is 31.9. The SMILES string of the molecule is COC1C=CC(C(C)CO)CO1. The molecule has 0 spiro atoms. The summed E-state index contributed by atoms with van der Waals surface area (Å²) in [5, 5.41) is 8.89. The van der Waals surface area contributed by atoms with Crippen molar-refractivity contribution < 1.29 is 14.6 Å². The van der Waals surface area contributed by atoms with E-state index in [9.17, 15) is 0 Å². The van der Waals surface area contributed by atoms with Crippen molar-refractivity contribution in [2.75, 3.05) is 20.3 Å². The lowest BCUT2D eigenvalue weighted by molar-refractivity contribution is -0.110. The highest BCUT2D eigenvalue weighted by Gasteiger charge is 2.19. The maximum Gasteiger partial charge on any atom is 0.176 e.